The molecule has 1 atom stereocenters. The monoisotopic (exact) mass is 414 g/mol. The zero-order valence-electron chi connectivity index (χ0n) is 16.2. The molecule has 1 aromatic heterocycles. The van der Waals surface area contributed by atoms with Crippen LogP contribution in [0.1, 0.15) is 34.8 Å². The van der Waals surface area contributed by atoms with Crippen molar-refractivity contribution in [3.05, 3.63) is 80.8 Å². The molecule has 28 heavy (non-hydrogen) atoms. The normalized spacial score (nSPS) is 11.9. The van der Waals surface area contributed by atoms with Crippen molar-refractivity contribution in [2.75, 3.05) is 14.2 Å². The van der Waals surface area contributed by atoms with Crippen molar-refractivity contribution in [1.29, 1.82) is 0 Å². The quantitative estimate of drug-likeness (QED) is 0.536. The number of hydrogen-bond donors (Lipinski definition) is 0. The summed E-state index contributed by atoms with van der Waals surface area (Å²) in [6, 6.07) is 15.5. The highest BCUT2D eigenvalue weighted by Crippen LogP contribution is 2.23. The minimum Gasteiger partial charge on any atom is -0.497 e. The highest BCUT2D eigenvalue weighted by Gasteiger charge is 2.19. The molecule has 1 unspecified atom stereocenters. The van der Waals surface area contributed by atoms with Crippen molar-refractivity contribution in [3.8, 4) is 5.75 Å². The van der Waals surface area contributed by atoms with Gasteiger partial charge in [-0.25, -0.2) is 4.98 Å². The van der Waals surface area contributed by atoms with Crippen LogP contribution in [-0.4, -0.2) is 29.9 Å². The Morgan fingerprint density at radius 2 is 2.00 bits per heavy atom. The van der Waals surface area contributed by atoms with Crippen LogP contribution in [-0.2, 0) is 17.6 Å². The van der Waals surface area contributed by atoms with E-state index < -0.39 is 0 Å². The second-order valence-corrected chi connectivity index (χ2v) is 8.05. The fourth-order valence-electron chi connectivity index (χ4n) is 2.93. The number of methoxy groups -OCH3 is 1. The zero-order chi connectivity index (χ0) is 20.1. The Kier molecular flexibility index (Phi) is 6.70. The number of nitrogens with zero attached hydrogens (tertiary/aromatic N) is 2. The number of carbonyl (C=O) groups excluding carboxylic acids is 1. The van der Waals surface area contributed by atoms with Crippen LogP contribution in [0.4, 0.5) is 0 Å². The molecule has 0 N–H and O–H groups in total. The van der Waals surface area contributed by atoms with E-state index in [1.54, 1.807) is 23.3 Å². The Bertz CT molecular complexity index is 940. The zero-order valence-corrected chi connectivity index (χ0v) is 17.8. The third-order valence-corrected chi connectivity index (χ3v) is 5.88. The maximum atomic E-state index is 12.7. The van der Waals surface area contributed by atoms with E-state index in [0.717, 1.165) is 39.0 Å². The summed E-state index contributed by atoms with van der Waals surface area (Å²) in [7, 11) is 3.47. The molecule has 1 heterocycles. The Morgan fingerprint density at radius 1 is 1.25 bits per heavy atom. The van der Waals surface area contributed by atoms with Gasteiger partial charge >= 0.3 is 0 Å². The van der Waals surface area contributed by atoms with Crippen molar-refractivity contribution in [1.82, 2.24) is 9.88 Å². The van der Waals surface area contributed by atoms with Gasteiger partial charge < -0.3 is 9.64 Å². The predicted octanol–water partition coefficient (Wildman–Crippen LogP) is 5.16. The van der Waals surface area contributed by atoms with Gasteiger partial charge in [-0.15, -0.1) is 11.3 Å². The van der Waals surface area contributed by atoms with Crippen molar-refractivity contribution < 1.29 is 9.53 Å². The number of benzene rings is 2. The van der Waals surface area contributed by atoms with Gasteiger partial charge in [0, 0.05) is 23.9 Å². The Hall–Kier alpha value is -2.37. The largest absolute Gasteiger partial charge is 0.497 e. The summed E-state index contributed by atoms with van der Waals surface area (Å²) in [4.78, 5) is 19.1. The lowest BCUT2D eigenvalue weighted by Gasteiger charge is -2.25. The van der Waals surface area contributed by atoms with Crippen LogP contribution in [0.15, 0.2) is 53.9 Å². The molecular weight excluding hydrogens is 392 g/mol. The summed E-state index contributed by atoms with van der Waals surface area (Å²) in [5.41, 5.74) is 2.99. The second-order valence-electron chi connectivity index (χ2n) is 6.67. The number of ether oxygens (including phenoxy) is 1. The Balaban J connectivity index is 1.61. The minimum atomic E-state index is -0.0250. The fraction of sp³-hybridized carbons (Fsp3) is 0.273. The fourth-order valence-corrected chi connectivity index (χ4v) is 3.98. The van der Waals surface area contributed by atoms with Gasteiger partial charge in [-0.1, -0.05) is 35.9 Å². The number of aromatic nitrogens is 1. The van der Waals surface area contributed by atoms with E-state index in [4.69, 9.17) is 16.3 Å². The average Bonchev–Trinajstić information content (AvgIpc) is 3.13. The molecule has 1 amide bonds. The molecule has 0 saturated carbocycles. The molecule has 6 heteroatoms. The van der Waals surface area contributed by atoms with E-state index in [-0.39, 0.29) is 11.9 Å². The molecular formula is C22H23ClN2O2S. The van der Waals surface area contributed by atoms with Gasteiger partial charge in [0.2, 0.25) is 5.91 Å². The van der Waals surface area contributed by atoms with Crippen LogP contribution in [0.2, 0.25) is 5.02 Å². The molecule has 4 nitrogen and oxygen atoms in total. The number of halogens is 1. The van der Waals surface area contributed by atoms with E-state index in [1.165, 1.54) is 0 Å². The van der Waals surface area contributed by atoms with Gasteiger partial charge in [0.25, 0.3) is 0 Å². The van der Waals surface area contributed by atoms with E-state index >= 15 is 0 Å². The summed E-state index contributed by atoms with van der Waals surface area (Å²) in [6.07, 6.45) is 1.01. The molecule has 3 aromatic rings. The molecule has 0 spiro atoms. The number of hydrogen-bond acceptors (Lipinski definition) is 4. The van der Waals surface area contributed by atoms with E-state index in [2.05, 4.69) is 4.98 Å². The third kappa shape index (κ3) is 5.12. The summed E-state index contributed by atoms with van der Waals surface area (Å²) >= 11 is 7.62. The number of likely N-dealkylation sites (N-methyl/N-ethyl adjacent to an activating group) is 1. The van der Waals surface area contributed by atoms with Crippen molar-refractivity contribution in [2.24, 2.45) is 0 Å². The van der Waals surface area contributed by atoms with Gasteiger partial charge in [0.1, 0.15) is 5.75 Å². The third-order valence-electron chi connectivity index (χ3n) is 4.75. The number of carbonyl (C=O) groups is 1. The van der Waals surface area contributed by atoms with Gasteiger partial charge in [-0.05, 0) is 42.3 Å². The molecule has 0 saturated heterocycles. The topological polar surface area (TPSA) is 42.4 Å². The van der Waals surface area contributed by atoms with E-state index in [0.29, 0.717) is 6.42 Å². The SMILES string of the molecule is COc1ccc(C(C)N(C)C(=O)Cc2csc(Cc3cccc(Cl)c3)n2)cc1. The first-order chi connectivity index (χ1) is 13.5. The first kappa shape index (κ1) is 20.4. The number of amides is 1. The van der Waals surface area contributed by atoms with Crippen LogP contribution in [0, 0.1) is 0 Å². The molecule has 0 fully saturated rings. The molecule has 146 valence electrons. The molecule has 0 radical (unpaired) electrons. The van der Waals surface area contributed by atoms with Gasteiger partial charge in [-0.3, -0.25) is 4.79 Å². The first-order valence-electron chi connectivity index (χ1n) is 9.03. The van der Waals surface area contributed by atoms with Gasteiger partial charge in [0.15, 0.2) is 0 Å². The Labute approximate surface area is 174 Å². The van der Waals surface area contributed by atoms with Crippen molar-refractivity contribution in [2.45, 2.75) is 25.8 Å². The standard InChI is InChI=1S/C22H23ClN2O2S/c1-15(17-7-9-20(27-3)10-8-17)25(2)22(26)13-19-14-28-21(24-19)12-16-5-4-6-18(23)11-16/h4-11,14-15H,12-13H2,1-3H3. The van der Waals surface area contributed by atoms with Crippen LogP contribution in [0.5, 0.6) is 5.75 Å². The van der Waals surface area contributed by atoms with E-state index in [1.807, 2.05) is 67.9 Å². The first-order valence-corrected chi connectivity index (χ1v) is 10.3. The van der Waals surface area contributed by atoms with Crippen molar-refractivity contribution >= 4 is 28.8 Å². The molecule has 0 aliphatic rings. The summed E-state index contributed by atoms with van der Waals surface area (Å²) < 4.78 is 5.19. The van der Waals surface area contributed by atoms with Crippen LogP contribution in [0.25, 0.3) is 0 Å². The minimum absolute atomic E-state index is 0.0250. The summed E-state index contributed by atoms with van der Waals surface area (Å²) in [5.74, 6) is 0.850. The highest BCUT2D eigenvalue weighted by molar-refractivity contribution is 7.09. The smallest absolute Gasteiger partial charge is 0.228 e. The molecule has 0 aliphatic carbocycles. The number of thiazole rings is 1. The molecule has 0 bridgehead atoms. The van der Waals surface area contributed by atoms with Gasteiger partial charge in [-0.2, -0.15) is 0 Å². The Morgan fingerprint density at radius 3 is 2.68 bits per heavy atom. The lowest BCUT2D eigenvalue weighted by atomic mass is 10.1. The van der Waals surface area contributed by atoms with Crippen LogP contribution < -0.4 is 4.74 Å². The predicted molar refractivity (Wildman–Crippen MR) is 114 cm³/mol. The van der Waals surface area contributed by atoms with Crippen LogP contribution in [0.3, 0.4) is 0 Å². The van der Waals surface area contributed by atoms with Crippen molar-refractivity contribution in [3.63, 3.8) is 0 Å². The van der Waals surface area contributed by atoms with E-state index in [9.17, 15) is 4.79 Å². The van der Waals surface area contributed by atoms with Crippen LogP contribution >= 0.6 is 22.9 Å². The number of rotatable bonds is 7. The molecule has 3 rings (SSSR count). The molecule has 0 aliphatic heterocycles. The lowest BCUT2D eigenvalue weighted by Crippen LogP contribution is -2.31. The maximum Gasteiger partial charge on any atom is 0.228 e. The average molecular weight is 415 g/mol. The summed E-state index contributed by atoms with van der Waals surface area (Å²) in [6.45, 7) is 2.02. The van der Waals surface area contributed by atoms with Gasteiger partial charge in [0.05, 0.1) is 30.3 Å². The summed E-state index contributed by atoms with van der Waals surface area (Å²) in [5, 5.41) is 3.67. The highest BCUT2D eigenvalue weighted by atomic mass is 35.5. The second kappa shape index (κ2) is 9.22. The lowest BCUT2D eigenvalue weighted by molar-refractivity contribution is -0.131. The maximum absolute atomic E-state index is 12.7. The molecule has 2 aromatic carbocycles.